The standard InChI is InChI=1S/C13H17N5/c1-10-13(3-2-6-15-10)18-9-12(16-17-18)8-14-7-11-4-5-11/h2-3,6,9,11,14H,4-5,7-8H2,1H3. The number of nitrogens with zero attached hydrogens (tertiary/aromatic N) is 4. The maximum absolute atomic E-state index is 4.25. The van der Waals surface area contributed by atoms with Crippen molar-refractivity contribution >= 4 is 0 Å². The van der Waals surface area contributed by atoms with Gasteiger partial charge < -0.3 is 5.32 Å². The zero-order chi connectivity index (χ0) is 12.4. The van der Waals surface area contributed by atoms with E-state index in [1.807, 2.05) is 25.3 Å². The van der Waals surface area contributed by atoms with Gasteiger partial charge in [-0.3, -0.25) is 4.98 Å². The van der Waals surface area contributed by atoms with Crippen molar-refractivity contribution in [3.05, 3.63) is 35.9 Å². The minimum absolute atomic E-state index is 0.788. The molecule has 3 rings (SSSR count). The van der Waals surface area contributed by atoms with Gasteiger partial charge in [0.2, 0.25) is 0 Å². The molecular weight excluding hydrogens is 226 g/mol. The topological polar surface area (TPSA) is 55.6 Å². The Morgan fingerprint density at radius 2 is 2.33 bits per heavy atom. The van der Waals surface area contributed by atoms with Crippen LogP contribution < -0.4 is 5.32 Å². The van der Waals surface area contributed by atoms with E-state index in [1.54, 1.807) is 10.9 Å². The van der Waals surface area contributed by atoms with Crippen LogP contribution in [-0.4, -0.2) is 26.5 Å². The zero-order valence-electron chi connectivity index (χ0n) is 10.5. The summed E-state index contributed by atoms with van der Waals surface area (Å²) in [4.78, 5) is 4.25. The third-order valence-electron chi connectivity index (χ3n) is 3.20. The normalized spacial score (nSPS) is 14.9. The lowest BCUT2D eigenvalue weighted by atomic mass is 10.3. The molecule has 0 aliphatic heterocycles. The van der Waals surface area contributed by atoms with Gasteiger partial charge in [-0.05, 0) is 44.4 Å². The van der Waals surface area contributed by atoms with E-state index in [4.69, 9.17) is 0 Å². The molecule has 0 amide bonds. The van der Waals surface area contributed by atoms with Crippen LogP contribution in [0.5, 0.6) is 0 Å². The second-order valence-corrected chi connectivity index (χ2v) is 4.84. The fourth-order valence-electron chi connectivity index (χ4n) is 1.94. The van der Waals surface area contributed by atoms with Crippen molar-refractivity contribution in [2.24, 2.45) is 5.92 Å². The van der Waals surface area contributed by atoms with E-state index >= 15 is 0 Å². The summed E-state index contributed by atoms with van der Waals surface area (Å²) in [5.74, 6) is 0.889. The number of aromatic nitrogens is 4. The fraction of sp³-hybridized carbons (Fsp3) is 0.462. The Morgan fingerprint density at radius 3 is 3.11 bits per heavy atom. The van der Waals surface area contributed by atoms with Crippen LogP contribution in [0.25, 0.3) is 5.69 Å². The highest BCUT2D eigenvalue weighted by Gasteiger charge is 2.20. The average molecular weight is 243 g/mol. The molecule has 1 N–H and O–H groups in total. The van der Waals surface area contributed by atoms with Gasteiger partial charge >= 0.3 is 0 Å². The van der Waals surface area contributed by atoms with Crippen molar-refractivity contribution in [2.45, 2.75) is 26.3 Å². The summed E-state index contributed by atoms with van der Waals surface area (Å²) in [7, 11) is 0. The van der Waals surface area contributed by atoms with Crippen LogP contribution >= 0.6 is 0 Å². The summed E-state index contributed by atoms with van der Waals surface area (Å²) in [6.07, 6.45) is 6.49. The summed E-state index contributed by atoms with van der Waals surface area (Å²) in [6.45, 7) is 3.86. The zero-order valence-corrected chi connectivity index (χ0v) is 10.5. The maximum atomic E-state index is 4.25. The first-order valence-corrected chi connectivity index (χ1v) is 6.37. The summed E-state index contributed by atoms with van der Waals surface area (Å²) in [6, 6.07) is 3.91. The first-order valence-electron chi connectivity index (χ1n) is 6.37. The number of aryl methyl sites for hydroxylation is 1. The van der Waals surface area contributed by atoms with Crippen LogP contribution in [0.15, 0.2) is 24.5 Å². The minimum atomic E-state index is 0.788. The Kier molecular flexibility index (Phi) is 3.06. The molecule has 0 saturated heterocycles. The molecule has 0 bridgehead atoms. The van der Waals surface area contributed by atoms with Gasteiger partial charge in [0.15, 0.2) is 0 Å². The van der Waals surface area contributed by atoms with E-state index in [1.165, 1.54) is 12.8 Å². The Balaban J connectivity index is 1.66. The van der Waals surface area contributed by atoms with Gasteiger partial charge in [0.05, 0.1) is 23.3 Å². The predicted octanol–water partition coefficient (Wildman–Crippen LogP) is 1.47. The van der Waals surface area contributed by atoms with Crippen molar-refractivity contribution in [1.29, 1.82) is 0 Å². The molecule has 94 valence electrons. The van der Waals surface area contributed by atoms with Crippen LogP contribution in [0, 0.1) is 12.8 Å². The van der Waals surface area contributed by atoms with Gasteiger partial charge in [-0.2, -0.15) is 0 Å². The van der Waals surface area contributed by atoms with Crippen LogP contribution in [0.4, 0.5) is 0 Å². The van der Waals surface area contributed by atoms with E-state index in [0.717, 1.165) is 36.1 Å². The molecule has 5 heteroatoms. The SMILES string of the molecule is Cc1ncccc1-n1cc(CNCC2CC2)nn1. The highest BCUT2D eigenvalue weighted by Crippen LogP contribution is 2.27. The number of nitrogens with one attached hydrogen (secondary N) is 1. The summed E-state index contributed by atoms with van der Waals surface area (Å²) in [5, 5.41) is 11.7. The molecule has 0 spiro atoms. The second-order valence-electron chi connectivity index (χ2n) is 4.84. The minimum Gasteiger partial charge on any atom is -0.311 e. The summed E-state index contributed by atoms with van der Waals surface area (Å²) < 4.78 is 1.79. The molecule has 0 aromatic carbocycles. The van der Waals surface area contributed by atoms with Crippen molar-refractivity contribution in [3.63, 3.8) is 0 Å². The van der Waals surface area contributed by atoms with Gasteiger partial charge in [-0.25, -0.2) is 4.68 Å². The van der Waals surface area contributed by atoms with Crippen molar-refractivity contribution < 1.29 is 0 Å². The Bertz CT molecular complexity index is 530. The molecule has 1 saturated carbocycles. The summed E-state index contributed by atoms with van der Waals surface area (Å²) >= 11 is 0. The molecule has 2 aromatic rings. The molecule has 18 heavy (non-hydrogen) atoms. The van der Waals surface area contributed by atoms with Crippen LogP contribution in [0.2, 0.25) is 0 Å². The van der Waals surface area contributed by atoms with Gasteiger partial charge in [0.25, 0.3) is 0 Å². The number of hydrogen-bond donors (Lipinski definition) is 1. The monoisotopic (exact) mass is 243 g/mol. The van der Waals surface area contributed by atoms with Gasteiger partial charge in [-0.15, -0.1) is 5.10 Å². The molecule has 2 aromatic heterocycles. The quantitative estimate of drug-likeness (QED) is 0.864. The lowest BCUT2D eigenvalue weighted by Gasteiger charge is -2.02. The molecule has 1 aliphatic carbocycles. The van der Waals surface area contributed by atoms with E-state index in [9.17, 15) is 0 Å². The average Bonchev–Trinajstić information content (AvgIpc) is 3.08. The third-order valence-corrected chi connectivity index (χ3v) is 3.20. The van der Waals surface area contributed by atoms with E-state index in [2.05, 4.69) is 20.6 Å². The highest BCUT2D eigenvalue weighted by molar-refractivity contribution is 5.34. The van der Waals surface area contributed by atoms with E-state index in [-0.39, 0.29) is 0 Å². The number of hydrogen-bond acceptors (Lipinski definition) is 4. The van der Waals surface area contributed by atoms with Gasteiger partial charge in [-0.1, -0.05) is 5.21 Å². The van der Waals surface area contributed by atoms with Crippen LogP contribution in [0.3, 0.4) is 0 Å². The second kappa shape index (κ2) is 4.86. The predicted molar refractivity (Wildman–Crippen MR) is 68.3 cm³/mol. The van der Waals surface area contributed by atoms with Crippen molar-refractivity contribution in [3.8, 4) is 5.69 Å². The van der Waals surface area contributed by atoms with E-state index < -0.39 is 0 Å². The van der Waals surface area contributed by atoms with Gasteiger partial charge in [0.1, 0.15) is 0 Å². The van der Waals surface area contributed by atoms with Gasteiger partial charge in [0, 0.05) is 12.7 Å². The lowest BCUT2D eigenvalue weighted by Crippen LogP contribution is -2.16. The van der Waals surface area contributed by atoms with Crippen LogP contribution in [0.1, 0.15) is 24.2 Å². The van der Waals surface area contributed by atoms with Crippen LogP contribution in [-0.2, 0) is 6.54 Å². The molecule has 5 nitrogen and oxygen atoms in total. The first-order chi connectivity index (χ1) is 8.83. The Morgan fingerprint density at radius 1 is 1.44 bits per heavy atom. The molecule has 0 atom stereocenters. The molecule has 1 aliphatic rings. The lowest BCUT2D eigenvalue weighted by molar-refractivity contribution is 0.628. The largest absolute Gasteiger partial charge is 0.311 e. The summed E-state index contributed by atoms with van der Waals surface area (Å²) in [5.41, 5.74) is 2.91. The van der Waals surface area contributed by atoms with Crippen molar-refractivity contribution in [1.82, 2.24) is 25.3 Å². The van der Waals surface area contributed by atoms with Crippen molar-refractivity contribution in [2.75, 3.05) is 6.54 Å². The first kappa shape index (κ1) is 11.3. The number of pyridine rings is 1. The Hall–Kier alpha value is -1.75. The number of rotatable bonds is 5. The Labute approximate surface area is 106 Å². The molecule has 0 unspecified atom stereocenters. The molecule has 0 radical (unpaired) electrons. The molecule has 1 fully saturated rings. The highest BCUT2D eigenvalue weighted by atomic mass is 15.4. The smallest absolute Gasteiger partial charge is 0.0969 e. The molecule has 2 heterocycles. The fourth-order valence-corrected chi connectivity index (χ4v) is 1.94. The van der Waals surface area contributed by atoms with E-state index in [0.29, 0.717) is 0 Å². The third kappa shape index (κ3) is 2.56. The maximum Gasteiger partial charge on any atom is 0.0969 e. The molecular formula is C13H17N5.